The molecular formula is C24H23N3O3S. The van der Waals surface area contributed by atoms with Gasteiger partial charge in [0, 0.05) is 11.6 Å². The summed E-state index contributed by atoms with van der Waals surface area (Å²) in [6, 6.07) is 16.3. The van der Waals surface area contributed by atoms with Crippen LogP contribution in [0.1, 0.15) is 35.6 Å². The molecule has 1 aliphatic rings. The van der Waals surface area contributed by atoms with E-state index in [1.165, 1.54) is 11.3 Å². The molecule has 158 valence electrons. The van der Waals surface area contributed by atoms with Crippen LogP contribution in [0.15, 0.2) is 71.4 Å². The Bertz CT molecular complexity index is 1080. The monoisotopic (exact) mass is 433 g/mol. The maximum atomic E-state index is 13.4. The largest absolute Gasteiger partial charge is 0.325 e. The molecule has 4 rings (SSSR count). The summed E-state index contributed by atoms with van der Waals surface area (Å²) in [6.07, 6.45) is 0. The lowest BCUT2D eigenvalue weighted by molar-refractivity contribution is -0.134. The molecule has 31 heavy (non-hydrogen) atoms. The predicted octanol–water partition coefficient (Wildman–Crippen LogP) is 4.46. The van der Waals surface area contributed by atoms with E-state index in [-0.39, 0.29) is 0 Å². The lowest BCUT2D eigenvalue weighted by Crippen LogP contribution is -2.50. The van der Waals surface area contributed by atoms with Crippen LogP contribution in [-0.2, 0) is 9.59 Å². The predicted molar refractivity (Wildman–Crippen MR) is 121 cm³/mol. The van der Waals surface area contributed by atoms with Crippen molar-refractivity contribution in [2.24, 2.45) is 0 Å². The van der Waals surface area contributed by atoms with Gasteiger partial charge in [0.25, 0.3) is 5.91 Å². The van der Waals surface area contributed by atoms with Gasteiger partial charge in [-0.2, -0.15) is 11.3 Å². The second-order valence-electron chi connectivity index (χ2n) is 7.65. The van der Waals surface area contributed by atoms with E-state index in [4.69, 9.17) is 0 Å². The molecule has 0 bridgehead atoms. The van der Waals surface area contributed by atoms with E-state index in [2.05, 4.69) is 10.6 Å². The van der Waals surface area contributed by atoms with Gasteiger partial charge < -0.3 is 10.6 Å². The fourth-order valence-corrected chi connectivity index (χ4v) is 4.47. The molecule has 0 aliphatic carbocycles. The SMILES string of the molecule is Cc1ccc(NC(=O)C(C(C)c2ccccc2)N2C(=O)N[C@H](c3ccsc3)C2=O)cc1. The van der Waals surface area contributed by atoms with E-state index >= 15 is 0 Å². The second kappa shape index (κ2) is 8.73. The standard InChI is InChI=1S/C24H23N3O3S/c1-15-8-10-19(11-9-15)25-22(28)21(16(2)17-6-4-3-5-7-17)27-23(29)20(26-24(27)30)18-12-13-31-14-18/h3-14,16,20-21H,1-2H3,(H,25,28)(H,26,30)/t16?,20-,21?/m1/s1. The summed E-state index contributed by atoms with van der Waals surface area (Å²) in [7, 11) is 0. The highest BCUT2D eigenvalue weighted by Crippen LogP contribution is 2.31. The van der Waals surface area contributed by atoms with Crippen LogP contribution in [-0.4, -0.2) is 28.8 Å². The molecule has 3 aromatic rings. The number of carbonyl (C=O) groups is 3. The minimum absolute atomic E-state index is 0.400. The Labute approximate surface area is 184 Å². The molecule has 2 aromatic carbocycles. The van der Waals surface area contributed by atoms with Gasteiger partial charge in [0.15, 0.2) is 0 Å². The molecule has 2 heterocycles. The number of nitrogens with one attached hydrogen (secondary N) is 2. The first-order chi connectivity index (χ1) is 15.0. The average Bonchev–Trinajstić information content (AvgIpc) is 3.40. The molecule has 3 atom stereocenters. The van der Waals surface area contributed by atoms with Crippen LogP contribution in [0.4, 0.5) is 10.5 Å². The maximum Gasteiger partial charge on any atom is 0.325 e. The molecule has 1 fully saturated rings. The van der Waals surface area contributed by atoms with Gasteiger partial charge in [-0.3, -0.25) is 9.59 Å². The zero-order chi connectivity index (χ0) is 22.0. The van der Waals surface area contributed by atoms with Crippen molar-refractivity contribution in [1.82, 2.24) is 10.2 Å². The van der Waals surface area contributed by atoms with E-state index in [1.54, 1.807) is 18.2 Å². The number of aryl methyl sites for hydroxylation is 1. The van der Waals surface area contributed by atoms with Crippen molar-refractivity contribution in [3.63, 3.8) is 0 Å². The van der Waals surface area contributed by atoms with Crippen LogP contribution < -0.4 is 10.6 Å². The number of thiophene rings is 1. The van der Waals surface area contributed by atoms with Crippen LogP contribution >= 0.6 is 11.3 Å². The number of benzene rings is 2. The Morgan fingerprint density at radius 1 is 1.06 bits per heavy atom. The van der Waals surface area contributed by atoms with Gasteiger partial charge in [-0.1, -0.05) is 55.0 Å². The highest BCUT2D eigenvalue weighted by Gasteiger charge is 2.47. The Kier molecular flexibility index (Phi) is 5.86. The lowest BCUT2D eigenvalue weighted by Gasteiger charge is -2.30. The van der Waals surface area contributed by atoms with Crippen LogP contribution in [0, 0.1) is 6.92 Å². The van der Waals surface area contributed by atoms with E-state index in [0.717, 1.165) is 21.6 Å². The average molecular weight is 434 g/mol. The second-order valence-corrected chi connectivity index (χ2v) is 8.43. The molecular weight excluding hydrogens is 410 g/mol. The van der Waals surface area contributed by atoms with Crippen LogP contribution in [0.3, 0.4) is 0 Å². The van der Waals surface area contributed by atoms with Crippen LogP contribution in [0.5, 0.6) is 0 Å². The number of anilines is 1. The van der Waals surface area contributed by atoms with Gasteiger partial charge in [-0.15, -0.1) is 0 Å². The van der Waals surface area contributed by atoms with Gasteiger partial charge in [-0.25, -0.2) is 9.69 Å². The molecule has 1 saturated heterocycles. The molecule has 1 aromatic heterocycles. The summed E-state index contributed by atoms with van der Waals surface area (Å²) in [4.78, 5) is 40.6. The van der Waals surface area contributed by atoms with Gasteiger partial charge in [0.05, 0.1) is 0 Å². The number of nitrogens with zero attached hydrogens (tertiary/aromatic N) is 1. The van der Waals surface area contributed by atoms with E-state index in [0.29, 0.717) is 5.69 Å². The number of rotatable bonds is 6. The Morgan fingerprint density at radius 3 is 2.42 bits per heavy atom. The highest BCUT2D eigenvalue weighted by molar-refractivity contribution is 7.08. The minimum Gasteiger partial charge on any atom is -0.324 e. The first kappa shape index (κ1) is 20.8. The molecule has 2 unspecified atom stereocenters. The normalized spacial score (nSPS) is 17.9. The summed E-state index contributed by atoms with van der Waals surface area (Å²) in [5.74, 6) is -1.23. The summed E-state index contributed by atoms with van der Waals surface area (Å²) in [5.41, 5.74) is 3.27. The van der Waals surface area contributed by atoms with Crippen LogP contribution in [0.25, 0.3) is 0 Å². The van der Waals surface area contributed by atoms with Crippen molar-refractivity contribution in [1.29, 1.82) is 0 Å². The summed E-state index contributed by atoms with van der Waals surface area (Å²) < 4.78 is 0. The van der Waals surface area contributed by atoms with Crippen molar-refractivity contribution in [3.8, 4) is 0 Å². The Morgan fingerprint density at radius 2 is 1.77 bits per heavy atom. The van der Waals surface area contributed by atoms with E-state index in [9.17, 15) is 14.4 Å². The molecule has 0 radical (unpaired) electrons. The molecule has 2 N–H and O–H groups in total. The Hall–Kier alpha value is -3.45. The third kappa shape index (κ3) is 4.22. The third-order valence-corrected chi connectivity index (χ3v) is 6.21. The van der Waals surface area contributed by atoms with Gasteiger partial charge >= 0.3 is 6.03 Å². The van der Waals surface area contributed by atoms with Gasteiger partial charge in [0.2, 0.25) is 5.91 Å². The lowest BCUT2D eigenvalue weighted by atomic mass is 9.91. The van der Waals surface area contributed by atoms with E-state index < -0.39 is 35.8 Å². The maximum absolute atomic E-state index is 13.4. The zero-order valence-corrected chi connectivity index (χ0v) is 18.1. The van der Waals surface area contributed by atoms with Crippen molar-refractivity contribution in [2.75, 3.05) is 5.32 Å². The van der Waals surface area contributed by atoms with Crippen molar-refractivity contribution in [2.45, 2.75) is 31.8 Å². The molecule has 0 saturated carbocycles. The fourth-order valence-electron chi connectivity index (χ4n) is 3.78. The number of carbonyl (C=O) groups excluding carboxylic acids is 3. The number of hydrogen-bond acceptors (Lipinski definition) is 4. The summed E-state index contributed by atoms with van der Waals surface area (Å²) in [6.45, 7) is 3.82. The summed E-state index contributed by atoms with van der Waals surface area (Å²) >= 11 is 1.45. The van der Waals surface area contributed by atoms with Crippen molar-refractivity contribution in [3.05, 3.63) is 88.1 Å². The number of amides is 4. The first-order valence-corrected chi connectivity index (χ1v) is 11.0. The fraction of sp³-hybridized carbons (Fsp3) is 0.208. The summed E-state index contributed by atoms with van der Waals surface area (Å²) in [5, 5.41) is 9.29. The van der Waals surface area contributed by atoms with E-state index in [1.807, 2.05) is 67.1 Å². The molecule has 0 spiro atoms. The number of hydrogen-bond donors (Lipinski definition) is 2. The first-order valence-electron chi connectivity index (χ1n) is 10.0. The molecule has 6 nitrogen and oxygen atoms in total. The van der Waals surface area contributed by atoms with Crippen LogP contribution in [0.2, 0.25) is 0 Å². The van der Waals surface area contributed by atoms with Crippen molar-refractivity contribution < 1.29 is 14.4 Å². The number of urea groups is 1. The quantitative estimate of drug-likeness (QED) is 0.564. The van der Waals surface area contributed by atoms with Gasteiger partial charge in [0.1, 0.15) is 12.1 Å². The van der Waals surface area contributed by atoms with Gasteiger partial charge in [-0.05, 0) is 47.0 Å². The van der Waals surface area contributed by atoms with Crippen molar-refractivity contribution >= 4 is 34.9 Å². The molecule has 7 heteroatoms. The zero-order valence-electron chi connectivity index (χ0n) is 17.2. The minimum atomic E-state index is -1.00. The highest BCUT2D eigenvalue weighted by atomic mass is 32.1. The Balaban J connectivity index is 1.68. The smallest absolute Gasteiger partial charge is 0.324 e. The third-order valence-electron chi connectivity index (χ3n) is 5.51. The topological polar surface area (TPSA) is 78.5 Å². The number of imide groups is 1. The molecule has 4 amide bonds. The molecule has 1 aliphatic heterocycles.